The Hall–Kier alpha value is -1.83. The molecule has 0 aromatic carbocycles. The van der Waals surface area contributed by atoms with E-state index in [1.807, 2.05) is 0 Å². The summed E-state index contributed by atoms with van der Waals surface area (Å²) >= 11 is 1.24. The van der Waals surface area contributed by atoms with Crippen molar-refractivity contribution in [1.82, 2.24) is 9.97 Å². The Kier molecular flexibility index (Phi) is 5.00. The van der Waals surface area contributed by atoms with Crippen LogP contribution in [0.2, 0.25) is 0 Å². The summed E-state index contributed by atoms with van der Waals surface area (Å²) in [5.41, 5.74) is 0. The number of hydrogen-bond donors (Lipinski definition) is 0. The van der Waals surface area contributed by atoms with Gasteiger partial charge in [0.1, 0.15) is 0 Å². The Morgan fingerprint density at radius 1 is 1.38 bits per heavy atom. The average molecular weight is 311 g/mol. The molecule has 21 heavy (non-hydrogen) atoms. The fourth-order valence-electron chi connectivity index (χ4n) is 2.04. The van der Waals surface area contributed by atoms with Crippen molar-refractivity contribution in [2.45, 2.75) is 13.3 Å². The zero-order valence-corrected chi connectivity index (χ0v) is 13.0. The summed E-state index contributed by atoms with van der Waals surface area (Å²) in [6.07, 6.45) is 0.392. The van der Waals surface area contributed by atoms with Crippen molar-refractivity contribution in [2.24, 2.45) is 5.92 Å². The van der Waals surface area contributed by atoms with E-state index in [1.54, 1.807) is 6.07 Å². The Labute approximate surface area is 127 Å². The van der Waals surface area contributed by atoms with Gasteiger partial charge in [-0.1, -0.05) is 11.8 Å². The van der Waals surface area contributed by atoms with Crippen LogP contribution in [0.4, 0.5) is 5.95 Å². The van der Waals surface area contributed by atoms with Crippen LogP contribution in [0.25, 0.3) is 0 Å². The van der Waals surface area contributed by atoms with Crippen molar-refractivity contribution in [3.8, 4) is 11.8 Å². The molecule has 2 heterocycles. The van der Waals surface area contributed by atoms with Gasteiger partial charge < -0.3 is 9.47 Å². The number of hydrogen-bond acceptors (Lipinski definition) is 7. The molecular formula is C13H17N3O4S. The number of amides is 1. The predicted molar refractivity (Wildman–Crippen MR) is 78.7 cm³/mol. The number of rotatable bonds is 5. The van der Waals surface area contributed by atoms with E-state index in [4.69, 9.17) is 9.47 Å². The molecule has 0 aliphatic carbocycles. The molecule has 0 N–H and O–H groups in total. The quantitative estimate of drug-likeness (QED) is 0.806. The molecule has 1 aliphatic heterocycles. The van der Waals surface area contributed by atoms with Gasteiger partial charge in [0.2, 0.25) is 23.6 Å². The number of nitrogens with zero attached hydrogens (tertiary/aromatic N) is 3. The molecule has 8 heteroatoms. The normalized spacial score (nSPS) is 18.0. The number of anilines is 1. The molecule has 0 spiro atoms. The maximum absolute atomic E-state index is 12.1. The van der Waals surface area contributed by atoms with Crippen LogP contribution in [-0.2, 0) is 9.59 Å². The maximum atomic E-state index is 12.1. The molecule has 1 aromatic heterocycles. The van der Waals surface area contributed by atoms with E-state index in [2.05, 4.69) is 9.97 Å². The zero-order chi connectivity index (χ0) is 15.4. The van der Waals surface area contributed by atoms with Crippen LogP contribution in [0.5, 0.6) is 11.8 Å². The number of methoxy groups -OCH3 is 2. The van der Waals surface area contributed by atoms with E-state index in [0.29, 0.717) is 30.5 Å². The van der Waals surface area contributed by atoms with E-state index in [9.17, 15) is 9.59 Å². The van der Waals surface area contributed by atoms with E-state index in [0.717, 1.165) is 0 Å². The van der Waals surface area contributed by atoms with E-state index in [-0.39, 0.29) is 22.9 Å². The fourth-order valence-corrected chi connectivity index (χ4v) is 2.74. The first-order chi connectivity index (χ1) is 10.0. The minimum absolute atomic E-state index is 0.0557. The average Bonchev–Trinajstić information content (AvgIpc) is 2.85. The van der Waals surface area contributed by atoms with Crippen molar-refractivity contribution >= 4 is 28.7 Å². The van der Waals surface area contributed by atoms with Crippen molar-refractivity contribution < 1.29 is 19.1 Å². The second-order valence-corrected chi connectivity index (χ2v) is 5.83. The predicted octanol–water partition coefficient (Wildman–Crippen LogP) is 1.13. The van der Waals surface area contributed by atoms with Crippen LogP contribution in [0.15, 0.2) is 6.07 Å². The second-order valence-electron chi connectivity index (χ2n) is 4.63. The van der Waals surface area contributed by atoms with Crippen molar-refractivity contribution in [3.05, 3.63) is 6.07 Å². The van der Waals surface area contributed by atoms with Crippen LogP contribution in [0.1, 0.15) is 13.3 Å². The monoisotopic (exact) mass is 311 g/mol. The van der Waals surface area contributed by atoms with Gasteiger partial charge in [0.15, 0.2) is 5.12 Å². The molecule has 1 aliphatic rings. The molecule has 114 valence electrons. The SMILES string of the molecule is COc1cc(OC)nc(N2CC(CSC(C)=O)CC2=O)n1. The third-order valence-corrected chi connectivity index (χ3v) is 4.10. The number of thioether (sulfide) groups is 1. The lowest BCUT2D eigenvalue weighted by atomic mass is 10.1. The molecule has 1 fully saturated rings. The second kappa shape index (κ2) is 6.75. The summed E-state index contributed by atoms with van der Waals surface area (Å²) in [6.45, 7) is 2.02. The van der Waals surface area contributed by atoms with Crippen LogP contribution in [0.3, 0.4) is 0 Å². The van der Waals surface area contributed by atoms with Crippen LogP contribution in [0, 0.1) is 5.92 Å². The first kappa shape index (κ1) is 15.6. The van der Waals surface area contributed by atoms with Crippen molar-refractivity contribution in [3.63, 3.8) is 0 Å². The van der Waals surface area contributed by atoms with E-state index < -0.39 is 0 Å². The third kappa shape index (κ3) is 3.84. The van der Waals surface area contributed by atoms with Gasteiger partial charge in [0.05, 0.1) is 20.3 Å². The molecule has 7 nitrogen and oxygen atoms in total. The van der Waals surface area contributed by atoms with E-state index in [1.165, 1.54) is 37.8 Å². The number of carbonyl (C=O) groups excluding carboxylic acids is 2. The Morgan fingerprint density at radius 3 is 2.52 bits per heavy atom. The summed E-state index contributed by atoms with van der Waals surface area (Å²) in [5.74, 6) is 1.63. The Morgan fingerprint density at radius 2 is 2.00 bits per heavy atom. The summed E-state index contributed by atoms with van der Waals surface area (Å²) in [6, 6.07) is 1.55. The lowest BCUT2D eigenvalue weighted by Crippen LogP contribution is -2.27. The van der Waals surface area contributed by atoms with Crippen LogP contribution < -0.4 is 14.4 Å². The minimum atomic E-state index is -0.0561. The maximum Gasteiger partial charge on any atom is 0.238 e. The highest BCUT2D eigenvalue weighted by atomic mass is 32.2. The fraction of sp³-hybridized carbons (Fsp3) is 0.538. The number of aromatic nitrogens is 2. The molecule has 1 saturated heterocycles. The highest BCUT2D eigenvalue weighted by molar-refractivity contribution is 8.13. The van der Waals surface area contributed by atoms with Gasteiger partial charge in [0.25, 0.3) is 0 Å². The Bertz CT molecular complexity index is 530. The summed E-state index contributed by atoms with van der Waals surface area (Å²) < 4.78 is 10.2. The highest BCUT2D eigenvalue weighted by Crippen LogP contribution is 2.28. The Balaban J connectivity index is 2.14. The largest absolute Gasteiger partial charge is 0.481 e. The van der Waals surface area contributed by atoms with Crippen molar-refractivity contribution in [2.75, 3.05) is 31.4 Å². The molecule has 1 amide bonds. The number of ether oxygens (including phenoxy) is 2. The van der Waals surface area contributed by atoms with E-state index >= 15 is 0 Å². The summed E-state index contributed by atoms with van der Waals surface area (Å²) in [5, 5.41) is 0.0557. The first-order valence-corrected chi connectivity index (χ1v) is 7.42. The third-order valence-electron chi connectivity index (χ3n) is 3.05. The van der Waals surface area contributed by atoms with Crippen LogP contribution >= 0.6 is 11.8 Å². The number of carbonyl (C=O) groups is 2. The smallest absolute Gasteiger partial charge is 0.238 e. The highest BCUT2D eigenvalue weighted by Gasteiger charge is 2.33. The molecule has 1 atom stereocenters. The summed E-state index contributed by atoms with van der Waals surface area (Å²) in [7, 11) is 2.98. The lowest BCUT2D eigenvalue weighted by Gasteiger charge is -2.15. The molecule has 0 bridgehead atoms. The minimum Gasteiger partial charge on any atom is -0.481 e. The van der Waals surface area contributed by atoms with Crippen molar-refractivity contribution in [1.29, 1.82) is 0 Å². The zero-order valence-electron chi connectivity index (χ0n) is 12.2. The first-order valence-electron chi connectivity index (χ1n) is 6.44. The van der Waals surface area contributed by atoms with Gasteiger partial charge in [-0.2, -0.15) is 9.97 Å². The van der Waals surface area contributed by atoms with Gasteiger partial charge in [-0.25, -0.2) is 0 Å². The summed E-state index contributed by atoms with van der Waals surface area (Å²) in [4.78, 5) is 33.0. The van der Waals surface area contributed by atoms with Gasteiger partial charge >= 0.3 is 0 Å². The lowest BCUT2D eigenvalue weighted by molar-refractivity contribution is -0.117. The molecule has 2 rings (SSSR count). The molecular weight excluding hydrogens is 294 g/mol. The van der Waals surface area contributed by atoms with Gasteiger partial charge in [0, 0.05) is 25.6 Å². The molecule has 0 radical (unpaired) electrons. The van der Waals surface area contributed by atoms with Gasteiger partial charge in [-0.05, 0) is 5.92 Å². The molecule has 1 aromatic rings. The van der Waals surface area contributed by atoms with Gasteiger partial charge in [-0.15, -0.1) is 0 Å². The van der Waals surface area contributed by atoms with Crippen LogP contribution in [-0.4, -0.2) is 47.5 Å². The topological polar surface area (TPSA) is 81.6 Å². The molecule has 0 saturated carbocycles. The van der Waals surface area contributed by atoms with Gasteiger partial charge in [-0.3, -0.25) is 14.5 Å². The molecule has 1 unspecified atom stereocenters. The standard InChI is InChI=1S/C13H17N3O4S/c1-8(17)21-7-9-4-12(18)16(6-9)13-14-10(19-2)5-11(15-13)20-3/h5,9H,4,6-7H2,1-3H3.